The number of benzene rings is 1. The van der Waals surface area contributed by atoms with Gasteiger partial charge in [0.25, 0.3) is 0 Å². The van der Waals surface area contributed by atoms with E-state index >= 15 is 0 Å². The smallest absolute Gasteiger partial charge is 0.0190 e. The molecule has 0 radical (unpaired) electrons. The summed E-state index contributed by atoms with van der Waals surface area (Å²) in [6.45, 7) is 15.9. The molecule has 0 fully saturated rings. The molecule has 86 valence electrons. The van der Waals surface area contributed by atoms with Crippen LogP contribution in [-0.4, -0.2) is 0 Å². The molecular weight excluding hydrogens is 192 g/mol. The summed E-state index contributed by atoms with van der Waals surface area (Å²) >= 11 is 0. The maximum Gasteiger partial charge on any atom is -0.0190 e. The zero-order chi connectivity index (χ0) is 12.6. The fourth-order valence-electron chi connectivity index (χ4n) is 1.11. The van der Waals surface area contributed by atoms with Crippen LogP contribution in [0.3, 0.4) is 0 Å². The molecule has 0 heteroatoms. The van der Waals surface area contributed by atoms with E-state index < -0.39 is 0 Å². The topological polar surface area (TPSA) is 0 Å². The highest BCUT2D eigenvalue weighted by atomic mass is 14.0. The van der Waals surface area contributed by atoms with Crippen LogP contribution >= 0.6 is 0 Å². The van der Waals surface area contributed by atoms with Gasteiger partial charge in [0, 0.05) is 0 Å². The van der Waals surface area contributed by atoms with Crippen molar-refractivity contribution in [2.24, 2.45) is 0 Å². The molecule has 1 aromatic rings. The van der Waals surface area contributed by atoms with Crippen molar-refractivity contribution < 1.29 is 0 Å². The zero-order valence-electron chi connectivity index (χ0n) is 10.9. The Labute approximate surface area is 100 Å². The monoisotopic (exact) mass is 214 g/mol. The number of aryl methyl sites for hydroxylation is 1. The molecule has 0 spiro atoms. The first-order chi connectivity index (χ1) is 7.59. The van der Waals surface area contributed by atoms with Gasteiger partial charge in [0.1, 0.15) is 0 Å². The van der Waals surface area contributed by atoms with Gasteiger partial charge in [-0.2, -0.15) is 0 Å². The molecule has 0 unspecified atom stereocenters. The van der Waals surface area contributed by atoms with E-state index in [1.807, 2.05) is 32.9 Å². The van der Waals surface area contributed by atoms with E-state index in [1.165, 1.54) is 5.56 Å². The summed E-state index contributed by atoms with van der Waals surface area (Å²) in [6.07, 6.45) is 3.97. The van der Waals surface area contributed by atoms with Crippen LogP contribution in [0.25, 0.3) is 5.57 Å². The predicted molar refractivity (Wildman–Crippen MR) is 75.5 cm³/mol. The van der Waals surface area contributed by atoms with Crippen molar-refractivity contribution in [2.75, 3.05) is 0 Å². The van der Waals surface area contributed by atoms with Crippen molar-refractivity contribution in [1.82, 2.24) is 0 Å². The molecule has 0 N–H and O–H groups in total. The highest BCUT2D eigenvalue weighted by molar-refractivity contribution is 5.72. The molecule has 0 aromatic heterocycles. The summed E-state index contributed by atoms with van der Waals surface area (Å²) in [5.41, 5.74) is 4.49. The fourth-order valence-corrected chi connectivity index (χ4v) is 1.11. The lowest BCUT2D eigenvalue weighted by Crippen LogP contribution is -1.79. The van der Waals surface area contributed by atoms with E-state index in [0.29, 0.717) is 0 Å². The average Bonchev–Trinajstić information content (AvgIpc) is 2.29. The summed E-state index contributed by atoms with van der Waals surface area (Å²) in [6, 6.07) is 8.35. The molecule has 0 amide bonds. The van der Waals surface area contributed by atoms with E-state index in [1.54, 1.807) is 0 Å². The van der Waals surface area contributed by atoms with E-state index in [-0.39, 0.29) is 0 Å². The molecule has 0 atom stereocenters. The molecule has 0 heterocycles. The summed E-state index contributed by atoms with van der Waals surface area (Å²) in [4.78, 5) is 0. The largest absolute Gasteiger partial charge is 0.0961 e. The van der Waals surface area contributed by atoms with Crippen molar-refractivity contribution >= 4 is 5.57 Å². The molecule has 0 saturated carbocycles. The quantitative estimate of drug-likeness (QED) is 0.609. The SMILES string of the molecule is C=C(C)/C=C\C(=C)c1ccc(C)cc1.CC. The third-order valence-electron chi connectivity index (χ3n) is 1.99. The molecule has 0 nitrogen and oxygen atoms in total. The van der Waals surface area contributed by atoms with Gasteiger partial charge in [-0.25, -0.2) is 0 Å². The Hall–Kier alpha value is -1.56. The van der Waals surface area contributed by atoms with Crippen LogP contribution in [0.1, 0.15) is 31.9 Å². The van der Waals surface area contributed by atoms with Crippen LogP contribution in [-0.2, 0) is 0 Å². The Morgan fingerprint density at radius 2 is 1.50 bits per heavy atom. The average molecular weight is 214 g/mol. The number of rotatable bonds is 3. The second-order valence-corrected chi connectivity index (χ2v) is 3.57. The number of hydrogen-bond acceptors (Lipinski definition) is 0. The van der Waals surface area contributed by atoms with Crippen LogP contribution < -0.4 is 0 Å². The summed E-state index contributed by atoms with van der Waals surface area (Å²) in [5, 5.41) is 0. The van der Waals surface area contributed by atoms with Crippen LogP contribution in [0.5, 0.6) is 0 Å². The van der Waals surface area contributed by atoms with E-state index in [0.717, 1.165) is 16.7 Å². The molecule has 0 aliphatic heterocycles. The minimum atomic E-state index is 1.02. The third-order valence-corrected chi connectivity index (χ3v) is 1.99. The van der Waals surface area contributed by atoms with Crippen molar-refractivity contribution in [1.29, 1.82) is 0 Å². The molecule has 1 aromatic carbocycles. The van der Waals surface area contributed by atoms with E-state index in [9.17, 15) is 0 Å². The molecule has 0 aliphatic carbocycles. The summed E-state index contributed by atoms with van der Waals surface area (Å²) in [7, 11) is 0. The Morgan fingerprint density at radius 3 is 1.94 bits per heavy atom. The highest BCUT2D eigenvalue weighted by Crippen LogP contribution is 2.14. The second-order valence-electron chi connectivity index (χ2n) is 3.57. The molecular formula is C16H22. The number of hydrogen-bond donors (Lipinski definition) is 0. The maximum atomic E-state index is 4.00. The predicted octanol–water partition coefficient (Wildman–Crippen LogP) is 5.17. The molecule has 1 rings (SSSR count). The van der Waals surface area contributed by atoms with Crippen LogP contribution in [0.15, 0.2) is 55.1 Å². The van der Waals surface area contributed by atoms with Crippen LogP contribution in [0.2, 0.25) is 0 Å². The summed E-state index contributed by atoms with van der Waals surface area (Å²) < 4.78 is 0. The Kier molecular flexibility index (Phi) is 6.95. The van der Waals surface area contributed by atoms with Gasteiger partial charge in [0.15, 0.2) is 0 Å². The van der Waals surface area contributed by atoms with Gasteiger partial charge in [-0.1, -0.05) is 74.6 Å². The van der Waals surface area contributed by atoms with Crippen molar-refractivity contribution in [3.05, 3.63) is 66.3 Å². The van der Waals surface area contributed by atoms with Crippen molar-refractivity contribution in [2.45, 2.75) is 27.7 Å². The van der Waals surface area contributed by atoms with Crippen LogP contribution in [0.4, 0.5) is 0 Å². The Morgan fingerprint density at radius 1 is 1.00 bits per heavy atom. The lowest BCUT2D eigenvalue weighted by Gasteiger charge is -2.00. The first kappa shape index (κ1) is 14.4. The minimum Gasteiger partial charge on any atom is -0.0961 e. The van der Waals surface area contributed by atoms with Gasteiger partial charge in [-0.05, 0) is 25.0 Å². The van der Waals surface area contributed by atoms with Crippen LogP contribution in [0, 0.1) is 6.92 Å². The lowest BCUT2D eigenvalue weighted by molar-refractivity contribution is 1.45. The van der Waals surface area contributed by atoms with E-state index in [2.05, 4.69) is 44.3 Å². The number of allylic oxidation sites excluding steroid dienone is 4. The normalized spacial score (nSPS) is 9.50. The lowest BCUT2D eigenvalue weighted by atomic mass is 10.1. The van der Waals surface area contributed by atoms with Gasteiger partial charge >= 0.3 is 0 Å². The van der Waals surface area contributed by atoms with Crippen molar-refractivity contribution in [3.8, 4) is 0 Å². The summed E-state index contributed by atoms with van der Waals surface area (Å²) in [5.74, 6) is 0. The first-order valence-electron chi connectivity index (χ1n) is 5.69. The molecule has 0 aliphatic rings. The Balaban J connectivity index is 0.00000106. The Bertz CT molecular complexity index is 364. The maximum absolute atomic E-state index is 4.00. The van der Waals surface area contributed by atoms with E-state index in [4.69, 9.17) is 0 Å². The van der Waals surface area contributed by atoms with Gasteiger partial charge in [0.2, 0.25) is 0 Å². The fraction of sp³-hybridized carbons (Fsp3) is 0.250. The molecule has 0 saturated heterocycles. The minimum absolute atomic E-state index is 1.02. The zero-order valence-corrected chi connectivity index (χ0v) is 10.9. The van der Waals surface area contributed by atoms with Crippen molar-refractivity contribution in [3.63, 3.8) is 0 Å². The van der Waals surface area contributed by atoms with Gasteiger partial charge in [-0.3, -0.25) is 0 Å². The van der Waals surface area contributed by atoms with Gasteiger partial charge < -0.3 is 0 Å². The highest BCUT2D eigenvalue weighted by Gasteiger charge is 1.93. The van der Waals surface area contributed by atoms with Gasteiger partial charge in [0.05, 0.1) is 0 Å². The standard InChI is InChI=1S/C14H16.C2H6/c1-11(2)5-8-13(4)14-9-6-12(3)7-10-14;1-2/h5-10H,1,4H2,2-3H3;1-2H3/b8-5-;. The third kappa shape index (κ3) is 5.35. The molecule has 0 bridgehead atoms. The molecule has 16 heavy (non-hydrogen) atoms. The second kappa shape index (κ2) is 7.70. The van der Waals surface area contributed by atoms with Gasteiger partial charge in [-0.15, -0.1) is 0 Å². The first-order valence-corrected chi connectivity index (χ1v) is 5.69.